The fourth-order valence-electron chi connectivity index (χ4n) is 3.04. The predicted molar refractivity (Wildman–Crippen MR) is 99.7 cm³/mol. The van der Waals surface area contributed by atoms with Crippen molar-refractivity contribution in [2.45, 2.75) is 32.6 Å². The van der Waals surface area contributed by atoms with Gasteiger partial charge in [-0.1, -0.05) is 29.8 Å². The first kappa shape index (κ1) is 17.2. The van der Waals surface area contributed by atoms with Gasteiger partial charge in [-0.05, 0) is 56.0 Å². The third kappa shape index (κ3) is 4.69. The van der Waals surface area contributed by atoms with Crippen LogP contribution in [0.2, 0.25) is 0 Å². The van der Waals surface area contributed by atoms with Crippen LogP contribution in [0.5, 0.6) is 0 Å². The van der Waals surface area contributed by atoms with Crippen LogP contribution < -0.4 is 5.32 Å². The Morgan fingerprint density at radius 2 is 1.56 bits per heavy atom. The van der Waals surface area contributed by atoms with Gasteiger partial charge in [0.15, 0.2) is 0 Å². The highest BCUT2D eigenvalue weighted by atomic mass is 16.2. The van der Waals surface area contributed by atoms with Gasteiger partial charge in [-0.3, -0.25) is 9.59 Å². The van der Waals surface area contributed by atoms with E-state index in [1.807, 2.05) is 60.4 Å². The van der Waals surface area contributed by atoms with Crippen molar-refractivity contribution >= 4 is 17.5 Å². The standard InChI is InChI=1S/C21H24N2O2/c1-16-5-9-18(10-6-16)21(25)22-19-11-7-17(8-12-19)15-20(24)23-13-3-2-4-14-23/h5-12H,2-4,13-15H2,1H3,(H,22,25). The van der Waals surface area contributed by atoms with Crippen molar-refractivity contribution in [2.75, 3.05) is 18.4 Å². The van der Waals surface area contributed by atoms with Crippen LogP contribution in [0.1, 0.15) is 40.7 Å². The number of amides is 2. The van der Waals surface area contributed by atoms with Crippen molar-refractivity contribution in [3.8, 4) is 0 Å². The maximum absolute atomic E-state index is 12.3. The lowest BCUT2D eigenvalue weighted by Gasteiger charge is -2.26. The molecule has 1 aliphatic heterocycles. The van der Waals surface area contributed by atoms with Gasteiger partial charge in [-0.25, -0.2) is 0 Å². The molecule has 1 saturated heterocycles. The zero-order chi connectivity index (χ0) is 17.6. The molecule has 3 rings (SSSR count). The average Bonchev–Trinajstić information content (AvgIpc) is 2.64. The first-order chi connectivity index (χ1) is 12.1. The summed E-state index contributed by atoms with van der Waals surface area (Å²) >= 11 is 0. The fraction of sp³-hybridized carbons (Fsp3) is 0.333. The van der Waals surface area contributed by atoms with Crippen molar-refractivity contribution in [2.24, 2.45) is 0 Å². The van der Waals surface area contributed by atoms with Crippen molar-refractivity contribution in [1.82, 2.24) is 4.90 Å². The van der Waals surface area contributed by atoms with Gasteiger partial charge >= 0.3 is 0 Å². The van der Waals surface area contributed by atoms with Crippen LogP contribution in [0.4, 0.5) is 5.69 Å². The van der Waals surface area contributed by atoms with E-state index in [1.165, 1.54) is 6.42 Å². The topological polar surface area (TPSA) is 49.4 Å². The van der Waals surface area contributed by atoms with E-state index in [2.05, 4.69) is 5.32 Å². The molecule has 0 aromatic heterocycles. The second-order valence-corrected chi connectivity index (χ2v) is 6.64. The molecular formula is C21H24N2O2. The van der Waals surface area contributed by atoms with Gasteiger partial charge in [0.05, 0.1) is 6.42 Å². The number of carbonyl (C=O) groups excluding carboxylic acids is 2. The van der Waals surface area contributed by atoms with Crippen LogP contribution in [0.15, 0.2) is 48.5 Å². The van der Waals surface area contributed by atoms with E-state index in [4.69, 9.17) is 0 Å². The first-order valence-electron chi connectivity index (χ1n) is 8.86. The van der Waals surface area contributed by atoms with Crippen LogP contribution >= 0.6 is 0 Å². The molecule has 130 valence electrons. The Balaban J connectivity index is 1.57. The second kappa shape index (κ2) is 7.97. The van der Waals surface area contributed by atoms with E-state index in [-0.39, 0.29) is 11.8 Å². The molecule has 4 heteroatoms. The molecule has 4 nitrogen and oxygen atoms in total. The molecule has 0 radical (unpaired) electrons. The summed E-state index contributed by atoms with van der Waals surface area (Å²) in [5.41, 5.74) is 3.47. The summed E-state index contributed by atoms with van der Waals surface area (Å²) in [6.07, 6.45) is 3.86. The highest BCUT2D eigenvalue weighted by molar-refractivity contribution is 6.04. The smallest absolute Gasteiger partial charge is 0.255 e. The number of hydrogen-bond acceptors (Lipinski definition) is 2. The van der Waals surface area contributed by atoms with Crippen LogP contribution in [0, 0.1) is 6.92 Å². The molecule has 0 saturated carbocycles. The van der Waals surface area contributed by atoms with Crippen LogP contribution in [0.25, 0.3) is 0 Å². The van der Waals surface area contributed by atoms with Crippen molar-refractivity contribution in [3.05, 3.63) is 65.2 Å². The van der Waals surface area contributed by atoms with E-state index >= 15 is 0 Å². The number of rotatable bonds is 4. The molecule has 25 heavy (non-hydrogen) atoms. The highest BCUT2D eigenvalue weighted by Crippen LogP contribution is 2.15. The molecule has 1 N–H and O–H groups in total. The molecule has 0 spiro atoms. The lowest BCUT2D eigenvalue weighted by molar-refractivity contribution is -0.131. The Morgan fingerprint density at radius 3 is 2.20 bits per heavy atom. The Bertz CT molecular complexity index is 729. The zero-order valence-corrected chi connectivity index (χ0v) is 14.6. The van der Waals surface area contributed by atoms with Crippen LogP contribution in [-0.2, 0) is 11.2 Å². The number of nitrogens with zero attached hydrogens (tertiary/aromatic N) is 1. The Labute approximate surface area is 148 Å². The van der Waals surface area contributed by atoms with Gasteiger partial charge in [0, 0.05) is 24.3 Å². The summed E-state index contributed by atoms with van der Waals surface area (Å²) in [6, 6.07) is 15.0. The number of hydrogen-bond donors (Lipinski definition) is 1. The average molecular weight is 336 g/mol. The number of piperidine rings is 1. The minimum atomic E-state index is -0.128. The molecule has 1 heterocycles. The number of anilines is 1. The summed E-state index contributed by atoms with van der Waals surface area (Å²) in [4.78, 5) is 26.5. The SMILES string of the molecule is Cc1ccc(C(=O)Nc2ccc(CC(=O)N3CCCCC3)cc2)cc1. The number of aryl methyl sites for hydroxylation is 1. The molecule has 0 aliphatic carbocycles. The Kier molecular flexibility index (Phi) is 5.49. The van der Waals surface area contributed by atoms with Gasteiger partial charge in [-0.15, -0.1) is 0 Å². The van der Waals surface area contributed by atoms with Crippen LogP contribution in [0.3, 0.4) is 0 Å². The lowest BCUT2D eigenvalue weighted by Crippen LogP contribution is -2.36. The molecule has 1 fully saturated rings. The minimum Gasteiger partial charge on any atom is -0.342 e. The summed E-state index contributed by atoms with van der Waals surface area (Å²) in [5, 5.41) is 2.89. The number of likely N-dealkylation sites (tertiary alicyclic amines) is 1. The summed E-state index contributed by atoms with van der Waals surface area (Å²) in [7, 11) is 0. The van der Waals surface area contributed by atoms with E-state index < -0.39 is 0 Å². The summed E-state index contributed by atoms with van der Waals surface area (Å²) in [5.74, 6) is 0.0632. The largest absolute Gasteiger partial charge is 0.342 e. The van der Waals surface area contributed by atoms with Gasteiger partial charge in [-0.2, -0.15) is 0 Å². The molecule has 2 amide bonds. The van der Waals surface area contributed by atoms with Gasteiger partial charge < -0.3 is 10.2 Å². The first-order valence-corrected chi connectivity index (χ1v) is 8.86. The lowest BCUT2D eigenvalue weighted by atomic mass is 10.1. The molecule has 1 aliphatic rings. The third-order valence-electron chi connectivity index (χ3n) is 4.59. The molecule has 2 aromatic rings. The van der Waals surface area contributed by atoms with E-state index in [0.29, 0.717) is 12.0 Å². The number of nitrogens with one attached hydrogen (secondary N) is 1. The van der Waals surface area contributed by atoms with E-state index in [1.54, 1.807) is 0 Å². The van der Waals surface area contributed by atoms with Gasteiger partial charge in [0.2, 0.25) is 5.91 Å². The molecule has 0 atom stereocenters. The highest BCUT2D eigenvalue weighted by Gasteiger charge is 2.16. The molecule has 2 aromatic carbocycles. The summed E-state index contributed by atoms with van der Waals surface area (Å²) < 4.78 is 0. The number of carbonyl (C=O) groups is 2. The van der Waals surface area contributed by atoms with Gasteiger partial charge in [0.1, 0.15) is 0 Å². The quantitative estimate of drug-likeness (QED) is 0.923. The molecule has 0 unspecified atom stereocenters. The second-order valence-electron chi connectivity index (χ2n) is 6.64. The van der Waals surface area contributed by atoms with E-state index in [9.17, 15) is 9.59 Å². The maximum atomic E-state index is 12.3. The molecule has 0 bridgehead atoms. The third-order valence-corrected chi connectivity index (χ3v) is 4.59. The monoisotopic (exact) mass is 336 g/mol. The summed E-state index contributed by atoms with van der Waals surface area (Å²) in [6.45, 7) is 3.75. The molecular weight excluding hydrogens is 312 g/mol. The van der Waals surface area contributed by atoms with E-state index in [0.717, 1.165) is 42.7 Å². The number of benzene rings is 2. The fourth-order valence-corrected chi connectivity index (χ4v) is 3.04. The Hall–Kier alpha value is -2.62. The Morgan fingerprint density at radius 1 is 0.920 bits per heavy atom. The zero-order valence-electron chi connectivity index (χ0n) is 14.6. The normalized spacial score (nSPS) is 14.2. The van der Waals surface area contributed by atoms with Gasteiger partial charge in [0.25, 0.3) is 5.91 Å². The van der Waals surface area contributed by atoms with Crippen molar-refractivity contribution < 1.29 is 9.59 Å². The minimum absolute atomic E-state index is 0.128. The van der Waals surface area contributed by atoms with Crippen molar-refractivity contribution in [3.63, 3.8) is 0 Å². The van der Waals surface area contributed by atoms with Crippen molar-refractivity contribution in [1.29, 1.82) is 0 Å². The van der Waals surface area contributed by atoms with Crippen LogP contribution in [-0.4, -0.2) is 29.8 Å². The predicted octanol–water partition coefficient (Wildman–Crippen LogP) is 3.80. The maximum Gasteiger partial charge on any atom is 0.255 e.